The van der Waals surface area contributed by atoms with Crippen LogP contribution in [0.25, 0.3) is 16.8 Å². The van der Waals surface area contributed by atoms with Gasteiger partial charge < -0.3 is 5.32 Å². The third-order valence-electron chi connectivity index (χ3n) is 5.50. The molecule has 0 spiro atoms. The van der Waals surface area contributed by atoms with Crippen LogP contribution in [0, 0.1) is 6.92 Å². The molecule has 1 heterocycles. The molecule has 0 saturated carbocycles. The largest absolute Gasteiger partial charge is 0.356 e. The van der Waals surface area contributed by atoms with Crippen molar-refractivity contribution >= 4 is 5.91 Å². The van der Waals surface area contributed by atoms with E-state index < -0.39 is 0 Å². The van der Waals surface area contributed by atoms with E-state index in [1.807, 2.05) is 23.9 Å². The molecule has 4 nitrogen and oxygen atoms in total. The Balaban J connectivity index is 1.91. The number of carbonyl (C=O) groups excluding carboxylic acids is 1. The maximum absolute atomic E-state index is 11.0. The van der Waals surface area contributed by atoms with E-state index in [0.717, 1.165) is 25.0 Å². The maximum Gasteiger partial charge on any atom is 0.216 e. The second kappa shape index (κ2) is 9.55. The van der Waals surface area contributed by atoms with Gasteiger partial charge in [0.05, 0.1) is 11.4 Å². The van der Waals surface area contributed by atoms with Crippen LogP contribution in [0.1, 0.15) is 56.4 Å². The smallest absolute Gasteiger partial charge is 0.216 e. The molecule has 29 heavy (non-hydrogen) atoms. The van der Waals surface area contributed by atoms with Gasteiger partial charge in [-0.2, -0.15) is 5.10 Å². The van der Waals surface area contributed by atoms with Crippen molar-refractivity contribution in [3.63, 3.8) is 0 Å². The van der Waals surface area contributed by atoms with Gasteiger partial charge in [-0.3, -0.25) is 4.79 Å². The molecule has 0 bridgehead atoms. The van der Waals surface area contributed by atoms with E-state index in [4.69, 9.17) is 0 Å². The lowest BCUT2D eigenvalue weighted by Crippen LogP contribution is -2.22. The highest BCUT2D eigenvalue weighted by Crippen LogP contribution is 2.32. The molecule has 1 aromatic heterocycles. The SMILES string of the molecule is CCC(CC)c1ccc(-c2ccc(CCNC(C)=O)cc2)cc1-n1ccc(C)n1. The summed E-state index contributed by atoms with van der Waals surface area (Å²) in [4.78, 5) is 11.0. The van der Waals surface area contributed by atoms with Crippen molar-refractivity contribution in [1.82, 2.24) is 15.1 Å². The molecule has 152 valence electrons. The minimum Gasteiger partial charge on any atom is -0.356 e. The third-order valence-corrected chi connectivity index (χ3v) is 5.50. The number of hydrogen-bond donors (Lipinski definition) is 1. The van der Waals surface area contributed by atoms with Gasteiger partial charge in [-0.25, -0.2) is 4.68 Å². The fraction of sp³-hybridized carbons (Fsp3) is 0.360. The lowest BCUT2D eigenvalue weighted by molar-refractivity contribution is -0.118. The van der Waals surface area contributed by atoms with Crippen LogP contribution in [0.2, 0.25) is 0 Å². The standard InChI is InChI=1S/C25H31N3O/c1-5-21(6-2)24-12-11-23(17-25(24)28-16-14-18(3)27-28)22-9-7-20(8-10-22)13-15-26-19(4)29/h7-12,14,16-17,21H,5-6,13,15H2,1-4H3,(H,26,29). The van der Waals surface area contributed by atoms with E-state index in [2.05, 4.69) is 66.7 Å². The summed E-state index contributed by atoms with van der Waals surface area (Å²) < 4.78 is 2.01. The molecule has 0 saturated heterocycles. The molecule has 0 aliphatic rings. The van der Waals surface area contributed by atoms with Crippen LogP contribution in [0.5, 0.6) is 0 Å². The lowest BCUT2D eigenvalue weighted by atomic mass is 9.90. The molecule has 1 N–H and O–H groups in total. The van der Waals surface area contributed by atoms with Gasteiger partial charge in [-0.1, -0.05) is 50.2 Å². The molecule has 3 rings (SSSR count). The predicted octanol–water partition coefficient (Wildman–Crippen LogP) is 5.43. The van der Waals surface area contributed by atoms with E-state index in [1.165, 1.54) is 27.9 Å². The van der Waals surface area contributed by atoms with E-state index in [1.54, 1.807) is 6.92 Å². The molecule has 0 atom stereocenters. The summed E-state index contributed by atoms with van der Waals surface area (Å²) >= 11 is 0. The number of nitrogens with one attached hydrogen (secondary N) is 1. The Morgan fingerprint density at radius 2 is 1.72 bits per heavy atom. The van der Waals surface area contributed by atoms with Crippen LogP contribution in [0.15, 0.2) is 54.7 Å². The Bertz CT molecular complexity index is 952. The summed E-state index contributed by atoms with van der Waals surface area (Å²) in [6.45, 7) is 8.74. The molecule has 0 unspecified atom stereocenters. The first-order valence-corrected chi connectivity index (χ1v) is 10.5. The van der Waals surface area contributed by atoms with E-state index >= 15 is 0 Å². The zero-order chi connectivity index (χ0) is 20.8. The molecule has 0 aliphatic heterocycles. The Morgan fingerprint density at radius 1 is 1.03 bits per heavy atom. The number of aromatic nitrogens is 2. The summed E-state index contributed by atoms with van der Waals surface area (Å²) in [6.07, 6.45) is 5.12. The van der Waals surface area contributed by atoms with E-state index in [-0.39, 0.29) is 5.91 Å². The van der Waals surface area contributed by atoms with Crippen molar-refractivity contribution in [3.8, 4) is 16.8 Å². The predicted molar refractivity (Wildman–Crippen MR) is 119 cm³/mol. The second-order valence-electron chi connectivity index (χ2n) is 7.62. The van der Waals surface area contributed by atoms with E-state index in [9.17, 15) is 4.79 Å². The minimum atomic E-state index is 0.0144. The number of nitrogens with zero attached hydrogens (tertiary/aromatic N) is 2. The number of amides is 1. The van der Waals surface area contributed by atoms with Crippen molar-refractivity contribution in [2.45, 2.75) is 52.9 Å². The first-order chi connectivity index (χ1) is 14.0. The fourth-order valence-electron chi connectivity index (χ4n) is 3.79. The molecule has 0 fully saturated rings. The first-order valence-electron chi connectivity index (χ1n) is 10.5. The molecule has 3 aromatic rings. The van der Waals surface area contributed by atoms with Gasteiger partial charge in [0.2, 0.25) is 5.91 Å². The molecular weight excluding hydrogens is 358 g/mol. The van der Waals surface area contributed by atoms with Crippen LogP contribution in [0.4, 0.5) is 0 Å². The third kappa shape index (κ3) is 5.14. The highest BCUT2D eigenvalue weighted by atomic mass is 16.1. The average Bonchev–Trinajstić information content (AvgIpc) is 3.15. The highest BCUT2D eigenvalue weighted by Gasteiger charge is 2.15. The highest BCUT2D eigenvalue weighted by molar-refractivity contribution is 5.72. The van der Waals surface area contributed by atoms with Crippen molar-refractivity contribution < 1.29 is 4.79 Å². The number of carbonyl (C=O) groups is 1. The molecule has 1 amide bonds. The summed E-state index contributed by atoms with van der Waals surface area (Å²) in [5, 5.41) is 7.52. The van der Waals surface area contributed by atoms with Gasteiger partial charge in [0.25, 0.3) is 0 Å². The van der Waals surface area contributed by atoms with Gasteiger partial charge in [-0.05, 0) is 66.5 Å². The van der Waals surface area contributed by atoms with E-state index in [0.29, 0.717) is 12.5 Å². The fourth-order valence-corrected chi connectivity index (χ4v) is 3.79. The van der Waals surface area contributed by atoms with Gasteiger partial charge in [0.1, 0.15) is 0 Å². The topological polar surface area (TPSA) is 46.9 Å². The summed E-state index contributed by atoms with van der Waals surface area (Å²) in [6, 6.07) is 17.4. The van der Waals surface area contributed by atoms with Crippen molar-refractivity contribution in [1.29, 1.82) is 0 Å². The number of aryl methyl sites for hydroxylation is 1. The second-order valence-corrected chi connectivity index (χ2v) is 7.62. The Morgan fingerprint density at radius 3 is 2.31 bits per heavy atom. The normalized spacial score (nSPS) is 11.1. The summed E-state index contributed by atoms with van der Waals surface area (Å²) in [5.41, 5.74) is 7.15. The molecule has 0 aliphatic carbocycles. The first kappa shape index (κ1) is 20.8. The molecule has 0 radical (unpaired) electrons. The molecule has 4 heteroatoms. The molecular formula is C25H31N3O. The van der Waals surface area contributed by atoms with Gasteiger partial charge in [0.15, 0.2) is 0 Å². The van der Waals surface area contributed by atoms with Crippen LogP contribution in [-0.2, 0) is 11.2 Å². The Kier molecular flexibility index (Phi) is 6.86. The van der Waals surface area contributed by atoms with Crippen molar-refractivity contribution in [2.24, 2.45) is 0 Å². The van der Waals surface area contributed by atoms with Crippen molar-refractivity contribution in [2.75, 3.05) is 6.54 Å². The summed E-state index contributed by atoms with van der Waals surface area (Å²) in [5.74, 6) is 0.542. The Labute approximate surface area is 174 Å². The minimum absolute atomic E-state index is 0.0144. The van der Waals surface area contributed by atoms with Gasteiger partial charge >= 0.3 is 0 Å². The lowest BCUT2D eigenvalue weighted by Gasteiger charge is -2.19. The number of rotatable bonds is 8. The van der Waals surface area contributed by atoms with Crippen LogP contribution < -0.4 is 5.32 Å². The Hall–Kier alpha value is -2.88. The molecule has 2 aromatic carbocycles. The van der Waals surface area contributed by atoms with Crippen LogP contribution >= 0.6 is 0 Å². The zero-order valence-corrected chi connectivity index (χ0v) is 17.9. The zero-order valence-electron chi connectivity index (χ0n) is 17.9. The quantitative estimate of drug-likeness (QED) is 0.558. The van der Waals surface area contributed by atoms with Gasteiger partial charge in [0, 0.05) is 19.7 Å². The monoisotopic (exact) mass is 389 g/mol. The maximum atomic E-state index is 11.0. The number of benzene rings is 2. The van der Waals surface area contributed by atoms with Crippen molar-refractivity contribution in [3.05, 3.63) is 71.5 Å². The van der Waals surface area contributed by atoms with Crippen LogP contribution in [0.3, 0.4) is 0 Å². The average molecular weight is 390 g/mol. The summed E-state index contributed by atoms with van der Waals surface area (Å²) in [7, 11) is 0. The van der Waals surface area contributed by atoms with Crippen LogP contribution in [-0.4, -0.2) is 22.2 Å². The number of hydrogen-bond acceptors (Lipinski definition) is 2. The van der Waals surface area contributed by atoms with Gasteiger partial charge in [-0.15, -0.1) is 0 Å².